The van der Waals surface area contributed by atoms with E-state index in [0.717, 1.165) is 13.0 Å². The smallest absolute Gasteiger partial charge is 0.306 e. The van der Waals surface area contributed by atoms with E-state index in [1.807, 2.05) is 18.2 Å². The number of rotatable bonds is 4. The maximum Gasteiger partial charge on any atom is 0.306 e. The van der Waals surface area contributed by atoms with Gasteiger partial charge in [-0.1, -0.05) is 36.8 Å². The van der Waals surface area contributed by atoms with E-state index in [1.54, 1.807) is 0 Å². The van der Waals surface area contributed by atoms with E-state index in [4.69, 9.17) is 4.74 Å². The zero-order chi connectivity index (χ0) is 12.8. The van der Waals surface area contributed by atoms with Crippen molar-refractivity contribution < 1.29 is 9.53 Å². The van der Waals surface area contributed by atoms with Gasteiger partial charge in [-0.2, -0.15) is 0 Å². The molecule has 1 aromatic rings. The minimum atomic E-state index is -0.128. The van der Waals surface area contributed by atoms with E-state index >= 15 is 0 Å². The minimum Gasteiger partial charge on any atom is -0.469 e. The van der Waals surface area contributed by atoms with Crippen LogP contribution >= 0.6 is 0 Å². The molecule has 1 N–H and O–H groups in total. The fraction of sp³-hybridized carbons (Fsp3) is 0.533. The van der Waals surface area contributed by atoms with E-state index in [-0.39, 0.29) is 11.9 Å². The molecule has 1 heterocycles. The average molecular weight is 247 g/mol. The molecule has 2 unspecified atom stereocenters. The Hall–Kier alpha value is -1.35. The Morgan fingerprint density at radius 2 is 2.17 bits per heavy atom. The van der Waals surface area contributed by atoms with Gasteiger partial charge in [0.1, 0.15) is 0 Å². The Morgan fingerprint density at radius 3 is 2.78 bits per heavy atom. The number of esters is 1. The van der Waals surface area contributed by atoms with Gasteiger partial charge in [0.2, 0.25) is 0 Å². The van der Waals surface area contributed by atoms with Crippen LogP contribution in [0.3, 0.4) is 0 Å². The van der Waals surface area contributed by atoms with Crippen molar-refractivity contribution in [3.63, 3.8) is 0 Å². The van der Waals surface area contributed by atoms with Gasteiger partial charge >= 0.3 is 5.97 Å². The predicted octanol–water partition coefficient (Wildman–Crippen LogP) is 2.48. The lowest BCUT2D eigenvalue weighted by Crippen LogP contribution is -2.39. The van der Waals surface area contributed by atoms with Crippen LogP contribution < -0.4 is 5.32 Å². The minimum absolute atomic E-state index is 0.128. The molecule has 0 radical (unpaired) electrons. The summed E-state index contributed by atoms with van der Waals surface area (Å²) in [6, 6.07) is 10.7. The summed E-state index contributed by atoms with van der Waals surface area (Å²) in [5.41, 5.74) is 1.22. The highest BCUT2D eigenvalue weighted by atomic mass is 16.5. The Balaban J connectivity index is 2.14. The van der Waals surface area contributed by atoms with Crippen LogP contribution in [0.15, 0.2) is 30.3 Å². The molecule has 3 nitrogen and oxygen atoms in total. The summed E-state index contributed by atoms with van der Waals surface area (Å²) in [6.45, 7) is 1.05. The number of piperidine rings is 1. The average Bonchev–Trinajstić information content (AvgIpc) is 2.46. The van der Waals surface area contributed by atoms with Gasteiger partial charge in [0.05, 0.1) is 13.5 Å². The number of hydrogen-bond donors (Lipinski definition) is 1. The van der Waals surface area contributed by atoms with Crippen LogP contribution in [-0.4, -0.2) is 25.7 Å². The number of benzene rings is 1. The Labute approximate surface area is 109 Å². The summed E-state index contributed by atoms with van der Waals surface area (Å²) in [4.78, 5) is 11.6. The van der Waals surface area contributed by atoms with Gasteiger partial charge in [0.15, 0.2) is 0 Å². The zero-order valence-corrected chi connectivity index (χ0v) is 10.9. The van der Waals surface area contributed by atoms with E-state index in [9.17, 15) is 4.79 Å². The molecule has 1 aromatic carbocycles. The maximum atomic E-state index is 11.6. The van der Waals surface area contributed by atoms with Crippen molar-refractivity contribution in [3.05, 3.63) is 35.9 Å². The summed E-state index contributed by atoms with van der Waals surface area (Å²) in [7, 11) is 1.46. The van der Waals surface area contributed by atoms with Crippen molar-refractivity contribution in [2.45, 2.75) is 37.6 Å². The number of carbonyl (C=O) groups is 1. The molecule has 0 aliphatic carbocycles. The first-order chi connectivity index (χ1) is 8.81. The van der Waals surface area contributed by atoms with E-state index < -0.39 is 0 Å². The monoisotopic (exact) mass is 247 g/mol. The highest BCUT2D eigenvalue weighted by Gasteiger charge is 2.27. The van der Waals surface area contributed by atoms with Gasteiger partial charge in [-0.25, -0.2) is 0 Å². The van der Waals surface area contributed by atoms with Crippen molar-refractivity contribution in [1.29, 1.82) is 0 Å². The van der Waals surface area contributed by atoms with Gasteiger partial charge in [-0.15, -0.1) is 0 Å². The molecule has 0 spiro atoms. The molecule has 0 aromatic heterocycles. The molecule has 0 amide bonds. The van der Waals surface area contributed by atoms with Crippen molar-refractivity contribution in [2.75, 3.05) is 13.7 Å². The Morgan fingerprint density at radius 1 is 1.39 bits per heavy atom. The molecule has 1 aliphatic heterocycles. The lowest BCUT2D eigenvalue weighted by molar-refractivity contribution is -0.141. The topological polar surface area (TPSA) is 38.3 Å². The van der Waals surface area contributed by atoms with Crippen molar-refractivity contribution in [2.24, 2.45) is 0 Å². The van der Waals surface area contributed by atoms with E-state index in [1.165, 1.54) is 25.5 Å². The second kappa shape index (κ2) is 6.55. The second-order valence-corrected chi connectivity index (χ2v) is 4.85. The fourth-order valence-corrected chi connectivity index (χ4v) is 2.68. The lowest BCUT2D eigenvalue weighted by Gasteiger charge is -2.31. The standard InChI is InChI=1S/C15H21NO2/c1-18-15(17)11-13(12-7-3-2-4-8-12)14-9-5-6-10-16-14/h2-4,7-8,13-14,16H,5-6,9-11H2,1H3. The third-order valence-electron chi connectivity index (χ3n) is 3.68. The quantitative estimate of drug-likeness (QED) is 0.831. The number of carbonyl (C=O) groups excluding carboxylic acids is 1. The highest BCUT2D eigenvalue weighted by molar-refractivity contribution is 5.70. The van der Waals surface area contributed by atoms with Crippen LogP contribution in [0.5, 0.6) is 0 Å². The third kappa shape index (κ3) is 3.33. The summed E-state index contributed by atoms with van der Waals surface area (Å²) in [5.74, 6) is 0.0928. The molecule has 98 valence electrons. The van der Waals surface area contributed by atoms with Crippen molar-refractivity contribution >= 4 is 5.97 Å². The van der Waals surface area contributed by atoms with Crippen LogP contribution in [0.25, 0.3) is 0 Å². The molecule has 1 fully saturated rings. The number of ether oxygens (including phenoxy) is 1. The summed E-state index contributed by atoms with van der Waals surface area (Å²) >= 11 is 0. The second-order valence-electron chi connectivity index (χ2n) is 4.85. The van der Waals surface area contributed by atoms with Gasteiger partial charge in [-0.05, 0) is 24.9 Å². The molecule has 2 atom stereocenters. The largest absolute Gasteiger partial charge is 0.469 e. The van der Waals surface area contributed by atoms with Crippen molar-refractivity contribution in [1.82, 2.24) is 5.32 Å². The molecule has 0 saturated carbocycles. The summed E-state index contributed by atoms with van der Waals surface area (Å²) in [6.07, 6.45) is 4.06. The lowest BCUT2D eigenvalue weighted by atomic mass is 9.84. The van der Waals surface area contributed by atoms with Crippen molar-refractivity contribution in [3.8, 4) is 0 Å². The molecule has 1 saturated heterocycles. The van der Waals surface area contributed by atoms with Gasteiger partial charge in [0, 0.05) is 12.0 Å². The highest BCUT2D eigenvalue weighted by Crippen LogP contribution is 2.28. The molecule has 0 bridgehead atoms. The molecular weight excluding hydrogens is 226 g/mol. The summed E-state index contributed by atoms with van der Waals surface area (Å²) in [5, 5.41) is 3.54. The normalized spacial score (nSPS) is 21.3. The number of nitrogens with one attached hydrogen (secondary N) is 1. The number of methoxy groups -OCH3 is 1. The third-order valence-corrected chi connectivity index (χ3v) is 3.68. The Kier molecular flexibility index (Phi) is 4.76. The number of hydrogen-bond acceptors (Lipinski definition) is 3. The van der Waals surface area contributed by atoms with Crippen LogP contribution in [0.1, 0.15) is 37.2 Å². The van der Waals surface area contributed by atoms with Gasteiger partial charge < -0.3 is 10.1 Å². The van der Waals surface area contributed by atoms with Crippen LogP contribution in [-0.2, 0) is 9.53 Å². The maximum absolute atomic E-state index is 11.6. The van der Waals surface area contributed by atoms with Crippen LogP contribution in [0.4, 0.5) is 0 Å². The Bertz CT molecular complexity index is 371. The first kappa shape index (κ1) is 13.1. The fourth-order valence-electron chi connectivity index (χ4n) is 2.68. The molecular formula is C15H21NO2. The first-order valence-corrected chi connectivity index (χ1v) is 6.66. The van der Waals surface area contributed by atoms with Gasteiger partial charge in [0.25, 0.3) is 0 Å². The summed E-state index contributed by atoms with van der Waals surface area (Å²) < 4.78 is 4.83. The van der Waals surface area contributed by atoms with Crippen LogP contribution in [0.2, 0.25) is 0 Å². The molecule has 2 rings (SSSR count). The molecule has 3 heteroatoms. The zero-order valence-electron chi connectivity index (χ0n) is 10.9. The van der Waals surface area contributed by atoms with Gasteiger partial charge in [-0.3, -0.25) is 4.79 Å². The SMILES string of the molecule is COC(=O)CC(c1ccccc1)C1CCCCN1. The predicted molar refractivity (Wildman–Crippen MR) is 71.5 cm³/mol. The van der Waals surface area contributed by atoms with Crippen LogP contribution in [0, 0.1) is 0 Å². The van der Waals surface area contributed by atoms with E-state index in [2.05, 4.69) is 17.4 Å². The molecule has 1 aliphatic rings. The molecule has 18 heavy (non-hydrogen) atoms. The first-order valence-electron chi connectivity index (χ1n) is 6.66. The van der Waals surface area contributed by atoms with E-state index in [0.29, 0.717) is 12.5 Å².